The number of benzene rings is 1. The molecule has 0 aliphatic carbocycles. The van der Waals surface area contributed by atoms with Crippen molar-refractivity contribution in [2.24, 2.45) is 0 Å². The third-order valence-corrected chi connectivity index (χ3v) is 5.23. The highest BCUT2D eigenvalue weighted by Crippen LogP contribution is 2.31. The van der Waals surface area contributed by atoms with Gasteiger partial charge in [0.15, 0.2) is 0 Å². The number of pyridine rings is 2. The van der Waals surface area contributed by atoms with Gasteiger partial charge in [-0.1, -0.05) is 36.4 Å². The molecule has 0 N–H and O–H groups in total. The Morgan fingerprint density at radius 2 is 1.88 bits per heavy atom. The first-order valence-corrected chi connectivity index (χ1v) is 10.6. The Hall–Kier alpha value is -4.14. The van der Waals surface area contributed by atoms with Crippen molar-refractivity contribution in [3.63, 3.8) is 0 Å². The molecule has 0 radical (unpaired) electrons. The van der Waals surface area contributed by atoms with Crippen molar-refractivity contribution >= 4 is 16.6 Å². The number of aromatic nitrogens is 4. The van der Waals surface area contributed by atoms with Crippen molar-refractivity contribution in [3.8, 4) is 17.1 Å². The lowest BCUT2D eigenvalue weighted by atomic mass is 10.2. The maximum absolute atomic E-state index is 13.0. The van der Waals surface area contributed by atoms with Crippen LogP contribution in [-0.4, -0.2) is 32.5 Å². The zero-order valence-corrected chi connectivity index (χ0v) is 18.0. The van der Waals surface area contributed by atoms with Gasteiger partial charge in [-0.15, -0.1) is 0 Å². The average Bonchev–Trinajstić information content (AvgIpc) is 3.25. The van der Waals surface area contributed by atoms with E-state index in [-0.39, 0.29) is 6.61 Å². The van der Waals surface area contributed by atoms with Gasteiger partial charge in [0.2, 0.25) is 0 Å². The van der Waals surface area contributed by atoms with E-state index in [1.165, 1.54) is 12.4 Å². The van der Waals surface area contributed by atoms with Crippen LogP contribution in [0, 0.1) is 0 Å². The lowest BCUT2D eigenvalue weighted by Gasteiger charge is -2.19. The molecule has 1 aliphatic heterocycles. The summed E-state index contributed by atoms with van der Waals surface area (Å²) in [7, 11) is 0. The van der Waals surface area contributed by atoms with Gasteiger partial charge in [0.1, 0.15) is 24.6 Å². The van der Waals surface area contributed by atoms with Gasteiger partial charge in [0.05, 0.1) is 28.8 Å². The molecule has 9 heteroatoms. The molecule has 0 unspecified atom stereocenters. The highest BCUT2D eigenvalue weighted by Gasteiger charge is 2.30. The first-order chi connectivity index (χ1) is 16.4. The Morgan fingerprint density at radius 1 is 1.00 bits per heavy atom. The molecule has 0 amide bonds. The molecule has 0 saturated heterocycles. The zero-order chi connectivity index (χ0) is 23.5. The molecule has 0 bridgehead atoms. The maximum Gasteiger partial charge on any atom is 0.408 e. The van der Waals surface area contributed by atoms with Crippen LogP contribution >= 0.6 is 0 Å². The largest absolute Gasteiger partial charge is 0.486 e. The Morgan fingerprint density at radius 3 is 2.65 bits per heavy atom. The number of ether oxygens (including phenoxy) is 1. The Labute approximate surface area is 193 Å². The molecule has 4 aromatic rings. The summed E-state index contributed by atoms with van der Waals surface area (Å²) in [6.07, 6.45) is 5.96. The fourth-order valence-electron chi connectivity index (χ4n) is 3.67. The lowest BCUT2D eigenvalue weighted by molar-refractivity contribution is -0.142. The normalized spacial score (nSPS) is 13.6. The minimum Gasteiger partial charge on any atom is -0.486 e. The van der Waals surface area contributed by atoms with Crippen LogP contribution in [0.5, 0.6) is 5.75 Å². The van der Waals surface area contributed by atoms with Crippen molar-refractivity contribution in [2.75, 3.05) is 11.4 Å². The topological polar surface area (TPSA) is 56.1 Å². The number of allylic oxidation sites excluding steroid dienone is 2. The summed E-state index contributed by atoms with van der Waals surface area (Å²) >= 11 is 0. The summed E-state index contributed by atoms with van der Waals surface area (Å²) in [6, 6.07) is 15.1. The molecule has 1 aromatic carbocycles. The summed E-state index contributed by atoms with van der Waals surface area (Å²) in [5.74, 6) is 0.524. The molecule has 0 atom stereocenters. The minimum atomic E-state index is -4.37. The average molecular weight is 463 g/mol. The molecule has 0 fully saturated rings. The van der Waals surface area contributed by atoms with Gasteiger partial charge >= 0.3 is 6.18 Å². The molecule has 0 spiro atoms. The smallest absolute Gasteiger partial charge is 0.408 e. The second-order valence-electron chi connectivity index (χ2n) is 7.76. The third kappa shape index (κ3) is 4.93. The molecule has 3 aromatic heterocycles. The Bertz CT molecular complexity index is 1360. The van der Waals surface area contributed by atoms with Gasteiger partial charge in [-0.2, -0.15) is 18.3 Å². The summed E-state index contributed by atoms with van der Waals surface area (Å²) in [6.45, 7) is -0.378. The van der Waals surface area contributed by atoms with E-state index in [1.807, 2.05) is 59.5 Å². The van der Waals surface area contributed by atoms with Gasteiger partial charge in [0, 0.05) is 24.3 Å². The van der Waals surface area contributed by atoms with Gasteiger partial charge in [-0.05, 0) is 30.3 Å². The van der Waals surface area contributed by atoms with E-state index in [2.05, 4.69) is 15.1 Å². The number of anilines is 1. The van der Waals surface area contributed by atoms with Crippen LogP contribution in [0.2, 0.25) is 0 Å². The number of nitrogens with zero attached hydrogens (tertiary/aromatic N) is 5. The van der Waals surface area contributed by atoms with Crippen LogP contribution in [0.1, 0.15) is 5.69 Å². The van der Waals surface area contributed by atoms with Crippen molar-refractivity contribution in [3.05, 3.63) is 91.0 Å². The van der Waals surface area contributed by atoms with Crippen molar-refractivity contribution < 1.29 is 17.9 Å². The molecular weight excluding hydrogens is 443 g/mol. The van der Waals surface area contributed by atoms with Crippen LogP contribution in [0.25, 0.3) is 22.3 Å². The minimum absolute atomic E-state index is 0.266. The highest BCUT2D eigenvalue weighted by molar-refractivity contribution is 5.78. The van der Waals surface area contributed by atoms with E-state index in [4.69, 9.17) is 4.74 Å². The Balaban J connectivity index is 1.35. The monoisotopic (exact) mass is 463 g/mol. The maximum atomic E-state index is 13.0. The number of alkyl halides is 3. The van der Waals surface area contributed by atoms with Crippen LogP contribution < -0.4 is 9.64 Å². The van der Waals surface area contributed by atoms with Gasteiger partial charge in [0.25, 0.3) is 0 Å². The second-order valence-corrected chi connectivity index (χ2v) is 7.76. The summed E-state index contributed by atoms with van der Waals surface area (Å²) in [4.78, 5) is 10.8. The van der Waals surface area contributed by atoms with E-state index in [0.717, 1.165) is 21.3 Å². The lowest BCUT2D eigenvalue weighted by Crippen LogP contribution is -2.19. The first kappa shape index (κ1) is 21.7. The summed E-state index contributed by atoms with van der Waals surface area (Å²) in [5.41, 5.74) is 3.04. The van der Waals surface area contributed by atoms with Crippen LogP contribution in [-0.2, 0) is 13.2 Å². The van der Waals surface area contributed by atoms with Gasteiger partial charge in [-0.25, -0.2) is 4.98 Å². The van der Waals surface area contributed by atoms with Crippen LogP contribution in [0.15, 0.2) is 85.4 Å². The van der Waals surface area contributed by atoms with E-state index in [9.17, 15) is 13.2 Å². The standard InChI is InChI=1S/C25H20F3N5O/c26-25(27,28)17-33-15-23(32-12-4-1-5-13-32)24(31-33)22-11-10-20(14-29-22)34-16-19-9-8-18-6-2-3-7-21(18)30-19/h1-12,14-15H,13,16-17H2. The number of rotatable bonds is 6. The van der Waals surface area contributed by atoms with E-state index in [1.54, 1.807) is 18.3 Å². The van der Waals surface area contributed by atoms with Gasteiger partial charge in [-0.3, -0.25) is 9.67 Å². The fraction of sp³-hybridized carbons (Fsp3) is 0.160. The quantitative estimate of drug-likeness (QED) is 0.377. The predicted molar refractivity (Wildman–Crippen MR) is 123 cm³/mol. The predicted octanol–water partition coefficient (Wildman–Crippen LogP) is 5.52. The van der Waals surface area contributed by atoms with E-state index < -0.39 is 12.7 Å². The number of halogens is 3. The molecule has 34 heavy (non-hydrogen) atoms. The van der Waals surface area contributed by atoms with E-state index in [0.29, 0.717) is 29.4 Å². The fourth-order valence-corrected chi connectivity index (χ4v) is 3.67. The zero-order valence-electron chi connectivity index (χ0n) is 18.0. The molecule has 0 saturated carbocycles. The molecule has 1 aliphatic rings. The number of hydrogen-bond donors (Lipinski definition) is 0. The Kier molecular flexibility index (Phi) is 5.75. The summed E-state index contributed by atoms with van der Waals surface area (Å²) in [5, 5.41) is 5.23. The highest BCUT2D eigenvalue weighted by atomic mass is 19.4. The van der Waals surface area contributed by atoms with Crippen molar-refractivity contribution in [2.45, 2.75) is 19.3 Å². The second kappa shape index (κ2) is 9.01. The van der Waals surface area contributed by atoms with Crippen molar-refractivity contribution in [1.29, 1.82) is 0 Å². The van der Waals surface area contributed by atoms with E-state index >= 15 is 0 Å². The molecule has 4 heterocycles. The molecule has 6 nitrogen and oxygen atoms in total. The third-order valence-electron chi connectivity index (χ3n) is 5.23. The summed E-state index contributed by atoms with van der Waals surface area (Å²) < 4.78 is 45.6. The first-order valence-electron chi connectivity index (χ1n) is 10.6. The number of para-hydroxylation sites is 1. The van der Waals surface area contributed by atoms with Crippen LogP contribution in [0.4, 0.5) is 18.9 Å². The SMILES string of the molecule is FC(F)(F)Cn1cc(N2C=CC=CC2)c(-c2ccc(OCc3ccc4ccccc4n3)cn2)n1. The van der Waals surface area contributed by atoms with Crippen LogP contribution in [0.3, 0.4) is 0 Å². The van der Waals surface area contributed by atoms with Crippen molar-refractivity contribution in [1.82, 2.24) is 19.7 Å². The number of fused-ring (bicyclic) bond motifs is 1. The molecule has 172 valence electrons. The molecular formula is C25H20F3N5O. The number of hydrogen-bond acceptors (Lipinski definition) is 5. The van der Waals surface area contributed by atoms with Gasteiger partial charge < -0.3 is 9.64 Å². The molecule has 5 rings (SSSR count).